The molecule has 6 aromatic carbocycles. The van der Waals surface area contributed by atoms with Gasteiger partial charge in [-0.3, -0.25) is 9.59 Å². The number of anilines is 2. The third kappa shape index (κ3) is 7.18. The van der Waals surface area contributed by atoms with E-state index < -0.39 is 0 Å². The third-order valence-corrected chi connectivity index (χ3v) is 6.93. The van der Waals surface area contributed by atoms with Crippen LogP contribution in [-0.2, 0) is 0 Å². The molecule has 0 aliphatic rings. The van der Waals surface area contributed by atoms with Crippen LogP contribution in [0.25, 0.3) is 0 Å². The Morgan fingerprint density at radius 3 is 0.689 bits per heavy atom. The fraction of sp³-hybridized carbons (Fsp3) is 0. The molecule has 7 nitrogen and oxygen atoms in total. The van der Waals surface area contributed by atoms with E-state index in [1.807, 2.05) is 0 Å². The summed E-state index contributed by atoms with van der Waals surface area (Å²) in [5, 5.41) is 0. The summed E-state index contributed by atoms with van der Waals surface area (Å²) in [6.07, 6.45) is 0. The summed E-state index contributed by atoms with van der Waals surface area (Å²) in [5.41, 5.74) is 14.9. The van der Waals surface area contributed by atoms with Crippen LogP contribution < -0.4 is 25.7 Å². The number of ketones is 2. The maximum absolute atomic E-state index is 13.0. The molecule has 0 heterocycles. The highest BCUT2D eigenvalue weighted by molar-refractivity contribution is 6.09. The first-order valence-electron chi connectivity index (χ1n) is 14.1. The molecule has 220 valence electrons. The van der Waals surface area contributed by atoms with Crippen molar-refractivity contribution in [1.29, 1.82) is 0 Å². The van der Waals surface area contributed by atoms with Crippen LogP contribution >= 0.6 is 0 Å². The van der Waals surface area contributed by atoms with Crippen molar-refractivity contribution in [1.82, 2.24) is 0 Å². The van der Waals surface area contributed by atoms with Gasteiger partial charge in [0.25, 0.3) is 0 Å². The topological polar surface area (TPSA) is 114 Å². The van der Waals surface area contributed by atoms with Crippen molar-refractivity contribution in [2.45, 2.75) is 0 Å². The summed E-state index contributed by atoms with van der Waals surface area (Å²) >= 11 is 0. The van der Waals surface area contributed by atoms with Crippen molar-refractivity contribution >= 4 is 22.9 Å². The Bertz CT molecular complexity index is 1770. The van der Waals surface area contributed by atoms with E-state index in [4.69, 9.17) is 25.7 Å². The monoisotopic (exact) mass is 592 g/mol. The Morgan fingerprint density at radius 2 is 0.489 bits per heavy atom. The Balaban J connectivity index is 1.04. The van der Waals surface area contributed by atoms with Crippen molar-refractivity contribution in [2.24, 2.45) is 0 Å². The average Bonchev–Trinajstić information content (AvgIpc) is 3.08. The second kappa shape index (κ2) is 12.9. The lowest BCUT2D eigenvalue weighted by Crippen LogP contribution is -2.01. The minimum absolute atomic E-state index is 0.117. The van der Waals surface area contributed by atoms with E-state index in [1.54, 1.807) is 146 Å². The molecule has 45 heavy (non-hydrogen) atoms. The normalized spacial score (nSPS) is 10.6. The molecular formula is C38H28N2O5. The SMILES string of the molecule is Nc1ccc(Oc2ccc(C(=O)c3ccc(Oc4ccc(C(=O)c5ccc(Oc6ccc(N)cc6)cc5)cc4)cc3)cc2)cc1. The van der Waals surface area contributed by atoms with Gasteiger partial charge >= 0.3 is 0 Å². The first-order chi connectivity index (χ1) is 21.9. The molecule has 0 amide bonds. The molecule has 0 atom stereocenters. The van der Waals surface area contributed by atoms with Crippen LogP contribution in [0.4, 0.5) is 11.4 Å². The van der Waals surface area contributed by atoms with Crippen LogP contribution in [0.3, 0.4) is 0 Å². The van der Waals surface area contributed by atoms with E-state index >= 15 is 0 Å². The van der Waals surface area contributed by atoms with Gasteiger partial charge in [-0.1, -0.05) is 0 Å². The summed E-state index contributed by atoms with van der Waals surface area (Å²) in [6.45, 7) is 0. The lowest BCUT2D eigenvalue weighted by molar-refractivity contribution is 0.103. The van der Waals surface area contributed by atoms with Gasteiger partial charge in [0, 0.05) is 33.6 Å². The van der Waals surface area contributed by atoms with Crippen LogP contribution in [0, 0.1) is 0 Å². The molecule has 0 aliphatic carbocycles. The molecule has 0 saturated carbocycles. The predicted molar refractivity (Wildman–Crippen MR) is 175 cm³/mol. The van der Waals surface area contributed by atoms with Gasteiger partial charge in [-0.15, -0.1) is 0 Å². The summed E-state index contributed by atoms with van der Waals surface area (Å²) in [4.78, 5) is 26.0. The van der Waals surface area contributed by atoms with Gasteiger partial charge < -0.3 is 25.7 Å². The van der Waals surface area contributed by atoms with E-state index in [-0.39, 0.29) is 11.6 Å². The van der Waals surface area contributed by atoms with Crippen LogP contribution in [-0.4, -0.2) is 11.6 Å². The van der Waals surface area contributed by atoms with E-state index in [2.05, 4.69) is 0 Å². The lowest BCUT2D eigenvalue weighted by atomic mass is 10.0. The summed E-state index contributed by atoms with van der Waals surface area (Å²) < 4.78 is 17.6. The van der Waals surface area contributed by atoms with E-state index in [1.165, 1.54) is 0 Å². The molecule has 0 aromatic heterocycles. The van der Waals surface area contributed by atoms with E-state index in [9.17, 15) is 9.59 Å². The number of carbonyl (C=O) groups excluding carboxylic acids is 2. The summed E-state index contributed by atoms with van der Waals surface area (Å²) in [6, 6.07) is 41.9. The minimum atomic E-state index is -0.117. The summed E-state index contributed by atoms with van der Waals surface area (Å²) in [5.74, 6) is 3.45. The molecule has 6 rings (SSSR count). The largest absolute Gasteiger partial charge is 0.457 e. The molecule has 7 heteroatoms. The molecular weight excluding hydrogens is 564 g/mol. The van der Waals surface area contributed by atoms with Gasteiger partial charge in [0.05, 0.1) is 0 Å². The molecule has 4 N–H and O–H groups in total. The molecule has 0 saturated heterocycles. The number of ether oxygens (including phenoxy) is 3. The zero-order chi connectivity index (χ0) is 31.2. The Kier molecular flexibility index (Phi) is 8.24. The highest BCUT2D eigenvalue weighted by Crippen LogP contribution is 2.27. The van der Waals surface area contributed by atoms with Gasteiger partial charge in [-0.2, -0.15) is 0 Å². The number of benzene rings is 6. The fourth-order valence-corrected chi connectivity index (χ4v) is 4.51. The van der Waals surface area contributed by atoms with Gasteiger partial charge in [-0.25, -0.2) is 0 Å². The zero-order valence-corrected chi connectivity index (χ0v) is 24.1. The smallest absolute Gasteiger partial charge is 0.193 e. The van der Waals surface area contributed by atoms with Gasteiger partial charge in [-0.05, 0) is 146 Å². The first-order valence-corrected chi connectivity index (χ1v) is 14.1. The maximum atomic E-state index is 13.0. The van der Waals surface area contributed by atoms with E-state index in [0.29, 0.717) is 68.1 Å². The lowest BCUT2D eigenvalue weighted by Gasteiger charge is -2.09. The number of carbonyl (C=O) groups is 2. The zero-order valence-electron chi connectivity index (χ0n) is 24.1. The second-order valence-corrected chi connectivity index (χ2v) is 10.2. The maximum Gasteiger partial charge on any atom is 0.193 e. The quantitative estimate of drug-likeness (QED) is 0.121. The van der Waals surface area contributed by atoms with Crippen LogP contribution in [0.15, 0.2) is 146 Å². The Hall–Kier alpha value is -6.34. The second-order valence-electron chi connectivity index (χ2n) is 10.2. The van der Waals surface area contributed by atoms with Gasteiger partial charge in [0.15, 0.2) is 11.6 Å². The third-order valence-electron chi connectivity index (χ3n) is 6.93. The molecule has 0 spiro atoms. The van der Waals surface area contributed by atoms with Crippen LogP contribution in [0.2, 0.25) is 0 Å². The van der Waals surface area contributed by atoms with Crippen molar-refractivity contribution in [3.63, 3.8) is 0 Å². The highest BCUT2D eigenvalue weighted by atomic mass is 16.5. The predicted octanol–water partition coefficient (Wildman–Crippen LogP) is 8.69. The van der Waals surface area contributed by atoms with Gasteiger partial charge in [0.1, 0.15) is 34.5 Å². The number of rotatable bonds is 10. The molecule has 0 aliphatic heterocycles. The summed E-state index contributed by atoms with van der Waals surface area (Å²) in [7, 11) is 0. The van der Waals surface area contributed by atoms with Crippen LogP contribution in [0.1, 0.15) is 31.8 Å². The van der Waals surface area contributed by atoms with Crippen molar-refractivity contribution in [3.8, 4) is 34.5 Å². The van der Waals surface area contributed by atoms with Crippen molar-refractivity contribution in [3.05, 3.63) is 168 Å². The van der Waals surface area contributed by atoms with E-state index in [0.717, 1.165) is 0 Å². The first kappa shape index (κ1) is 28.8. The van der Waals surface area contributed by atoms with Crippen LogP contribution in [0.5, 0.6) is 34.5 Å². The van der Waals surface area contributed by atoms with Crippen molar-refractivity contribution < 1.29 is 23.8 Å². The molecule has 6 aromatic rings. The molecule has 0 fully saturated rings. The standard InChI is InChI=1S/C38H28N2O5/c39-29-9-21-35(22-10-29)44-33-17-5-27(6-18-33)37(41)25-1-13-31(14-2-25)43-32-15-3-26(4-16-32)38(42)28-7-19-34(20-8-28)45-36-23-11-30(40)12-24-36/h1-24H,39-40H2. The Morgan fingerprint density at radius 1 is 0.311 bits per heavy atom. The molecule has 0 radical (unpaired) electrons. The number of nitrogen functional groups attached to an aromatic ring is 2. The van der Waals surface area contributed by atoms with Gasteiger partial charge in [0.2, 0.25) is 0 Å². The molecule has 0 bridgehead atoms. The minimum Gasteiger partial charge on any atom is -0.457 e. The molecule has 0 unspecified atom stereocenters. The number of hydrogen-bond acceptors (Lipinski definition) is 7. The number of hydrogen-bond donors (Lipinski definition) is 2. The highest BCUT2D eigenvalue weighted by Gasteiger charge is 2.12. The average molecular weight is 593 g/mol. The van der Waals surface area contributed by atoms with Crippen molar-refractivity contribution in [2.75, 3.05) is 11.5 Å². The number of nitrogens with two attached hydrogens (primary N) is 2. The Labute approximate surface area is 260 Å². The fourth-order valence-electron chi connectivity index (χ4n) is 4.51.